The fourth-order valence-electron chi connectivity index (χ4n) is 2.34. The van der Waals surface area contributed by atoms with E-state index in [1.807, 2.05) is 6.92 Å². The molecule has 10 heteroatoms. The van der Waals surface area contributed by atoms with E-state index in [2.05, 4.69) is 4.98 Å². The van der Waals surface area contributed by atoms with E-state index in [4.69, 9.17) is 16.3 Å². The Morgan fingerprint density at radius 1 is 1.37 bits per heavy atom. The molecule has 27 heavy (non-hydrogen) atoms. The number of aromatic nitrogens is 1. The summed E-state index contributed by atoms with van der Waals surface area (Å²) in [6, 6.07) is 3.95. The summed E-state index contributed by atoms with van der Waals surface area (Å²) in [6.07, 6.45) is 0.692. The lowest BCUT2D eigenvalue weighted by Crippen LogP contribution is -2.31. The first-order chi connectivity index (χ1) is 12.9. The molecule has 0 aliphatic rings. The fourth-order valence-corrected chi connectivity index (χ4v) is 3.30. The zero-order valence-electron chi connectivity index (χ0n) is 14.8. The second-order valence-corrected chi connectivity index (χ2v) is 6.85. The van der Waals surface area contributed by atoms with Gasteiger partial charge in [-0.05, 0) is 25.5 Å². The minimum Gasteiger partial charge on any atom is -0.461 e. The average molecular weight is 412 g/mol. The van der Waals surface area contributed by atoms with Crippen LogP contribution in [-0.4, -0.2) is 39.8 Å². The van der Waals surface area contributed by atoms with Crippen LogP contribution in [0.15, 0.2) is 23.6 Å². The van der Waals surface area contributed by atoms with Gasteiger partial charge in [0.1, 0.15) is 10.0 Å². The van der Waals surface area contributed by atoms with Crippen molar-refractivity contribution in [3.05, 3.63) is 55.0 Å². The number of esters is 1. The molecule has 144 valence electrons. The summed E-state index contributed by atoms with van der Waals surface area (Å²) in [5, 5.41) is 13.2. The van der Waals surface area contributed by atoms with Crippen molar-refractivity contribution in [3.63, 3.8) is 0 Å². The Hall–Kier alpha value is -2.52. The number of ether oxygens (including phenoxy) is 1. The highest BCUT2D eigenvalue weighted by atomic mass is 35.5. The van der Waals surface area contributed by atoms with Crippen LogP contribution in [0.3, 0.4) is 0 Å². The monoisotopic (exact) mass is 411 g/mol. The number of amides is 1. The Morgan fingerprint density at radius 3 is 2.74 bits per heavy atom. The van der Waals surface area contributed by atoms with Crippen molar-refractivity contribution in [1.82, 2.24) is 9.88 Å². The lowest BCUT2D eigenvalue weighted by molar-refractivity contribution is -0.384. The Kier molecular flexibility index (Phi) is 7.26. The number of nitro groups is 1. The average Bonchev–Trinajstić information content (AvgIpc) is 3.10. The zero-order chi connectivity index (χ0) is 20.0. The van der Waals surface area contributed by atoms with E-state index in [-0.39, 0.29) is 41.0 Å². The van der Waals surface area contributed by atoms with Crippen LogP contribution in [0.25, 0.3) is 0 Å². The maximum atomic E-state index is 12.8. The SMILES string of the molecule is CCCN(Cc1nc(C(=O)OCC)cs1)C(=O)c1ccc(Cl)c([N+](=O)[O-])c1. The van der Waals surface area contributed by atoms with Gasteiger partial charge < -0.3 is 9.64 Å². The Balaban J connectivity index is 2.22. The molecule has 0 atom stereocenters. The van der Waals surface area contributed by atoms with Crippen LogP contribution >= 0.6 is 22.9 Å². The Morgan fingerprint density at radius 2 is 2.11 bits per heavy atom. The first-order valence-electron chi connectivity index (χ1n) is 8.22. The summed E-state index contributed by atoms with van der Waals surface area (Å²) in [6.45, 7) is 4.49. The van der Waals surface area contributed by atoms with E-state index in [1.165, 1.54) is 34.4 Å². The van der Waals surface area contributed by atoms with Gasteiger partial charge >= 0.3 is 5.97 Å². The van der Waals surface area contributed by atoms with E-state index in [1.54, 1.807) is 12.3 Å². The third kappa shape index (κ3) is 5.24. The number of benzene rings is 1. The highest BCUT2D eigenvalue weighted by Crippen LogP contribution is 2.26. The van der Waals surface area contributed by atoms with Gasteiger partial charge in [0.05, 0.1) is 18.1 Å². The molecule has 0 N–H and O–H groups in total. The number of halogens is 1. The molecule has 2 rings (SSSR count). The van der Waals surface area contributed by atoms with Crippen LogP contribution in [0.4, 0.5) is 5.69 Å². The van der Waals surface area contributed by atoms with Gasteiger partial charge in [-0.1, -0.05) is 18.5 Å². The standard InChI is InChI=1S/C17H18ClN3O5S/c1-3-7-20(9-15-19-13(10-27-15)17(23)26-4-2)16(22)11-5-6-12(18)14(8-11)21(24)25/h5-6,8,10H,3-4,7,9H2,1-2H3. The molecule has 0 bridgehead atoms. The zero-order valence-corrected chi connectivity index (χ0v) is 16.4. The summed E-state index contributed by atoms with van der Waals surface area (Å²) in [4.78, 5) is 40.7. The van der Waals surface area contributed by atoms with Gasteiger partial charge in [-0.15, -0.1) is 11.3 Å². The molecule has 1 aromatic heterocycles. The van der Waals surface area contributed by atoms with E-state index < -0.39 is 10.9 Å². The molecular weight excluding hydrogens is 394 g/mol. The first kappa shape index (κ1) is 20.8. The van der Waals surface area contributed by atoms with E-state index in [0.29, 0.717) is 18.0 Å². The minimum absolute atomic E-state index is 0.0300. The van der Waals surface area contributed by atoms with Crippen LogP contribution in [0, 0.1) is 10.1 Å². The maximum Gasteiger partial charge on any atom is 0.357 e. The van der Waals surface area contributed by atoms with Crippen LogP contribution in [0.2, 0.25) is 5.02 Å². The van der Waals surface area contributed by atoms with Crippen molar-refractivity contribution >= 4 is 40.5 Å². The molecule has 1 aromatic carbocycles. The molecule has 1 heterocycles. The molecule has 0 fully saturated rings. The van der Waals surface area contributed by atoms with E-state index in [0.717, 1.165) is 0 Å². The maximum absolute atomic E-state index is 12.8. The van der Waals surface area contributed by atoms with Crippen LogP contribution < -0.4 is 0 Å². The normalized spacial score (nSPS) is 10.5. The second-order valence-electron chi connectivity index (χ2n) is 5.50. The smallest absolute Gasteiger partial charge is 0.357 e. The summed E-state index contributed by atoms with van der Waals surface area (Å²) < 4.78 is 4.91. The number of hydrogen-bond acceptors (Lipinski definition) is 7. The molecule has 0 saturated carbocycles. The molecule has 1 amide bonds. The van der Waals surface area contributed by atoms with Crippen molar-refractivity contribution in [2.75, 3.05) is 13.2 Å². The van der Waals surface area contributed by atoms with E-state index in [9.17, 15) is 19.7 Å². The van der Waals surface area contributed by atoms with Crippen molar-refractivity contribution in [2.24, 2.45) is 0 Å². The lowest BCUT2D eigenvalue weighted by atomic mass is 10.1. The van der Waals surface area contributed by atoms with Crippen LogP contribution in [-0.2, 0) is 11.3 Å². The summed E-state index contributed by atoms with van der Waals surface area (Å²) >= 11 is 7.05. The number of carbonyl (C=O) groups excluding carboxylic acids is 2. The number of nitrogens with zero attached hydrogens (tertiary/aromatic N) is 3. The van der Waals surface area contributed by atoms with Crippen molar-refractivity contribution in [1.29, 1.82) is 0 Å². The molecule has 2 aromatic rings. The third-order valence-electron chi connectivity index (χ3n) is 3.53. The van der Waals surface area contributed by atoms with Crippen molar-refractivity contribution in [3.8, 4) is 0 Å². The van der Waals surface area contributed by atoms with Gasteiger partial charge in [0.15, 0.2) is 5.69 Å². The van der Waals surface area contributed by atoms with Crippen molar-refractivity contribution in [2.45, 2.75) is 26.8 Å². The number of carbonyl (C=O) groups is 2. The highest BCUT2D eigenvalue weighted by Gasteiger charge is 2.22. The first-order valence-corrected chi connectivity index (χ1v) is 9.47. The van der Waals surface area contributed by atoms with Gasteiger partial charge in [-0.2, -0.15) is 0 Å². The molecule has 0 unspecified atom stereocenters. The molecule has 0 spiro atoms. The topological polar surface area (TPSA) is 103 Å². The van der Waals surface area contributed by atoms with Gasteiger partial charge in [-0.3, -0.25) is 14.9 Å². The Labute approximate surface area is 164 Å². The number of hydrogen-bond donors (Lipinski definition) is 0. The lowest BCUT2D eigenvalue weighted by Gasteiger charge is -2.21. The van der Waals surface area contributed by atoms with Gasteiger partial charge in [0.25, 0.3) is 11.6 Å². The molecule has 8 nitrogen and oxygen atoms in total. The summed E-state index contributed by atoms with van der Waals surface area (Å²) in [5.74, 6) is -0.883. The van der Waals surface area contributed by atoms with Gasteiger partial charge in [-0.25, -0.2) is 9.78 Å². The predicted molar refractivity (Wildman–Crippen MR) is 101 cm³/mol. The third-order valence-corrected chi connectivity index (χ3v) is 4.69. The molecule has 0 radical (unpaired) electrons. The molecule has 0 aliphatic carbocycles. The minimum atomic E-state index is -0.629. The number of thiazole rings is 1. The summed E-state index contributed by atoms with van der Waals surface area (Å²) in [7, 11) is 0. The predicted octanol–water partition coefficient (Wildman–Crippen LogP) is 3.93. The number of nitro benzene ring substituents is 1. The van der Waals surface area contributed by atoms with E-state index >= 15 is 0 Å². The quantitative estimate of drug-likeness (QED) is 0.370. The highest BCUT2D eigenvalue weighted by molar-refractivity contribution is 7.09. The van der Waals surface area contributed by atoms with Gasteiger partial charge in [0, 0.05) is 23.6 Å². The molecule has 0 aliphatic heterocycles. The largest absolute Gasteiger partial charge is 0.461 e. The molecular formula is C17H18ClN3O5S. The summed E-state index contributed by atoms with van der Waals surface area (Å²) in [5.41, 5.74) is 0.0439. The fraction of sp³-hybridized carbons (Fsp3) is 0.353. The van der Waals surface area contributed by atoms with Gasteiger partial charge in [0.2, 0.25) is 0 Å². The van der Waals surface area contributed by atoms with Crippen LogP contribution in [0.1, 0.15) is 46.1 Å². The Bertz CT molecular complexity index is 855. The molecule has 0 saturated heterocycles. The number of rotatable bonds is 8. The van der Waals surface area contributed by atoms with Crippen molar-refractivity contribution < 1.29 is 19.2 Å². The van der Waals surface area contributed by atoms with Crippen LogP contribution in [0.5, 0.6) is 0 Å². The second kappa shape index (κ2) is 9.43.